The molecule has 2 aromatic carbocycles. The molecule has 3 heterocycles. The van der Waals surface area contributed by atoms with Gasteiger partial charge in [0.2, 0.25) is 13.3 Å². The molecule has 0 spiro atoms. The third-order valence-corrected chi connectivity index (χ3v) is 4.50. The average molecular weight is 659 g/mol. The fourth-order valence-corrected chi connectivity index (χ4v) is 2.76. The predicted octanol–water partition coefficient (Wildman–Crippen LogP) is 2.86. The maximum Gasteiger partial charge on any atom is 3.00 e. The van der Waals surface area contributed by atoms with Crippen molar-refractivity contribution in [2.24, 2.45) is 0 Å². The molecule has 0 fully saturated rings. The van der Waals surface area contributed by atoms with E-state index in [0.29, 0.717) is 5.75 Å². The average Bonchev–Trinajstić information content (AvgIpc) is 3.54. The summed E-state index contributed by atoms with van der Waals surface area (Å²) < 4.78 is 4.77. The summed E-state index contributed by atoms with van der Waals surface area (Å²) in [6, 6.07) is 24.7. The van der Waals surface area contributed by atoms with Gasteiger partial charge in [0, 0.05) is 38.9 Å². The summed E-state index contributed by atoms with van der Waals surface area (Å²) in [7, 11) is 5.37. The molecule has 0 unspecified atom stereocenters. The van der Waals surface area contributed by atoms with Crippen LogP contribution in [-0.4, -0.2) is 42.0 Å². The second kappa shape index (κ2) is 14.6. The topological polar surface area (TPSA) is 75.2 Å². The van der Waals surface area contributed by atoms with Crippen molar-refractivity contribution < 1.29 is 34.7 Å². The number of aromatic nitrogens is 1. The Balaban J connectivity index is 0.000000188. The van der Waals surface area contributed by atoms with Gasteiger partial charge in [-0.3, -0.25) is 4.98 Å². The molecular formula is C27H24IrN5O3. The fourth-order valence-electron chi connectivity index (χ4n) is 2.76. The minimum absolute atomic E-state index is 0. The van der Waals surface area contributed by atoms with Gasteiger partial charge in [0.05, 0.1) is 25.0 Å². The predicted molar refractivity (Wildman–Crippen MR) is 131 cm³/mol. The summed E-state index contributed by atoms with van der Waals surface area (Å²) in [5.41, 5.74) is 1.93. The van der Waals surface area contributed by atoms with Crippen LogP contribution in [0.1, 0.15) is 10.5 Å². The Kier molecular flexibility index (Phi) is 11.5. The summed E-state index contributed by atoms with van der Waals surface area (Å²) >= 11 is 0. The summed E-state index contributed by atoms with van der Waals surface area (Å²) in [6.45, 7) is 6.19. The van der Waals surface area contributed by atoms with Crippen molar-refractivity contribution in [1.29, 1.82) is 0 Å². The Labute approximate surface area is 226 Å². The molecule has 0 N–H and O–H groups in total. The van der Waals surface area contributed by atoms with Crippen LogP contribution < -0.4 is 19.6 Å². The summed E-state index contributed by atoms with van der Waals surface area (Å²) in [4.78, 5) is 21.3. The maximum absolute atomic E-state index is 10.2. The van der Waals surface area contributed by atoms with E-state index in [1.807, 2.05) is 107 Å². The zero-order valence-electron chi connectivity index (χ0n) is 20.0. The summed E-state index contributed by atoms with van der Waals surface area (Å²) in [5.74, 6) is -0.761. The van der Waals surface area contributed by atoms with Gasteiger partial charge in [0.15, 0.2) is 0 Å². The molecule has 8 nitrogen and oxygen atoms in total. The second-order valence-electron chi connectivity index (χ2n) is 7.12. The molecule has 0 saturated carbocycles. The standard InChI is InChI=1S/2C10H9N2.C7H7NO3.Ir/c2*1-11-7-8-12(9-11)10-5-3-2-4-6-10;1-11-5-2-3-6(7(9)10)8-4-5;/h2*2-5,7-8H,1H3;2-4H,1H3,(H,9,10);/q2*-1;;+3/p-1. The Hall–Kier alpha value is -3.81. The van der Waals surface area contributed by atoms with E-state index >= 15 is 0 Å². The van der Waals surface area contributed by atoms with Gasteiger partial charge in [0.1, 0.15) is 5.75 Å². The monoisotopic (exact) mass is 659 g/mol. The molecule has 0 aliphatic carbocycles. The number of benzene rings is 2. The number of nitrogens with zero attached hydrogens (tertiary/aromatic N) is 5. The van der Waals surface area contributed by atoms with Crippen molar-refractivity contribution in [3.8, 4) is 5.75 Å². The van der Waals surface area contributed by atoms with Crippen molar-refractivity contribution in [1.82, 2.24) is 14.8 Å². The van der Waals surface area contributed by atoms with Gasteiger partial charge in [0.25, 0.3) is 0 Å². The molecule has 184 valence electrons. The SMILES string of the molecule is CN1[C]N(c2[c-]cccc2)C=C1.CN1[C]N(c2[c-]cccc2)C=C1.COc1ccc(C(=O)[O-])nc1.[Ir+3]. The summed E-state index contributed by atoms with van der Waals surface area (Å²) in [5, 5.41) is 10.2. The zero-order chi connectivity index (χ0) is 25.0. The van der Waals surface area contributed by atoms with Crippen molar-refractivity contribution in [2.75, 3.05) is 31.0 Å². The number of pyridine rings is 1. The largest absolute Gasteiger partial charge is 3.00 e. The number of ether oxygens (including phenoxy) is 1. The molecule has 5 rings (SSSR count). The first kappa shape index (κ1) is 28.4. The van der Waals surface area contributed by atoms with E-state index < -0.39 is 5.97 Å². The number of carbonyl (C=O) groups is 1. The first-order chi connectivity index (χ1) is 17.0. The number of para-hydroxylation sites is 2. The van der Waals surface area contributed by atoms with Gasteiger partial charge in [-0.25, -0.2) is 0 Å². The molecule has 0 amide bonds. The quantitative estimate of drug-likeness (QED) is 0.397. The minimum atomic E-state index is -1.28. The molecule has 0 saturated heterocycles. The van der Waals surface area contributed by atoms with Crippen molar-refractivity contribution >= 4 is 17.3 Å². The number of carboxylic acids is 1. The van der Waals surface area contributed by atoms with Crippen molar-refractivity contribution in [2.45, 2.75) is 0 Å². The molecule has 0 atom stereocenters. The molecule has 0 bridgehead atoms. The number of hydrogen-bond donors (Lipinski definition) is 0. The number of methoxy groups -OCH3 is 1. The third kappa shape index (κ3) is 8.76. The number of rotatable bonds is 4. The Morgan fingerprint density at radius 1 is 0.861 bits per heavy atom. The van der Waals surface area contributed by atoms with Gasteiger partial charge in [-0.15, -0.1) is 12.1 Å². The maximum atomic E-state index is 10.2. The first-order valence-electron chi connectivity index (χ1n) is 10.5. The van der Waals surface area contributed by atoms with Crippen LogP contribution in [0.15, 0.2) is 91.7 Å². The van der Waals surface area contributed by atoms with Crippen LogP contribution >= 0.6 is 0 Å². The van der Waals surface area contributed by atoms with E-state index in [0.717, 1.165) is 11.4 Å². The molecule has 9 heteroatoms. The van der Waals surface area contributed by atoms with Crippen molar-refractivity contribution in [3.05, 3.63) is 123 Å². The number of anilines is 2. The molecule has 2 aliphatic rings. The summed E-state index contributed by atoms with van der Waals surface area (Å²) in [6.07, 6.45) is 9.12. The number of hydrogen-bond acceptors (Lipinski definition) is 8. The Bertz CT molecular complexity index is 1050. The van der Waals surface area contributed by atoms with Gasteiger partial charge in [-0.1, -0.05) is 11.4 Å². The smallest absolute Gasteiger partial charge is 0.543 e. The molecular weight excluding hydrogens is 635 g/mol. The number of carboxylic acid groups (broad SMARTS) is 1. The Morgan fingerprint density at radius 2 is 1.39 bits per heavy atom. The third-order valence-electron chi connectivity index (χ3n) is 4.50. The van der Waals surface area contributed by atoms with Crippen molar-refractivity contribution in [3.63, 3.8) is 0 Å². The van der Waals surface area contributed by atoms with Crippen LogP contribution in [0, 0.1) is 25.5 Å². The molecule has 36 heavy (non-hydrogen) atoms. The van der Waals surface area contributed by atoms with Crippen LogP contribution in [0.2, 0.25) is 0 Å². The van der Waals surface area contributed by atoms with Crippen LogP contribution in [0.3, 0.4) is 0 Å². The molecule has 1 aromatic heterocycles. The normalized spacial score (nSPS) is 13.3. The minimum Gasteiger partial charge on any atom is -0.543 e. The Morgan fingerprint density at radius 3 is 1.69 bits per heavy atom. The van der Waals surface area contributed by atoms with E-state index in [1.165, 1.54) is 25.4 Å². The van der Waals surface area contributed by atoms with E-state index in [4.69, 9.17) is 4.74 Å². The van der Waals surface area contributed by atoms with Gasteiger partial charge in [-0.05, 0) is 12.1 Å². The number of aromatic carboxylic acids is 1. The zero-order valence-corrected chi connectivity index (χ0v) is 22.3. The number of carbonyl (C=O) groups excluding carboxylic acids is 1. The van der Waals surface area contributed by atoms with E-state index in [9.17, 15) is 9.90 Å². The van der Waals surface area contributed by atoms with E-state index in [2.05, 4.69) is 30.5 Å². The van der Waals surface area contributed by atoms with Crippen LogP contribution in [0.5, 0.6) is 5.75 Å². The van der Waals surface area contributed by atoms with E-state index in [-0.39, 0.29) is 25.8 Å². The molecule has 4 radical (unpaired) electrons. The molecule has 2 aliphatic heterocycles. The van der Waals surface area contributed by atoms with E-state index in [1.54, 1.807) is 0 Å². The van der Waals surface area contributed by atoms with Gasteiger partial charge >= 0.3 is 20.1 Å². The van der Waals surface area contributed by atoms with Crippen LogP contribution in [-0.2, 0) is 20.1 Å². The van der Waals surface area contributed by atoms with Crippen LogP contribution in [0.25, 0.3) is 0 Å². The fraction of sp³-hybridized carbons (Fsp3) is 0.111. The van der Waals surface area contributed by atoms with Crippen LogP contribution in [0.4, 0.5) is 11.4 Å². The van der Waals surface area contributed by atoms with Gasteiger partial charge < -0.3 is 34.2 Å². The van der Waals surface area contributed by atoms with Gasteiger partial charge in [-0.2, -0.15) is 48.5 Å². The first-order valence-corrected chi connectivity index (χ1v) is 10.5. The second-order valence-corrected chi connectivity index (χ2v) is 7.12. The molecule has 3 aromatic rings.